The first kappa shape index (κ1) is 14.0. The van der Waals surface area contributed by atoms with Gasteiger partial charge in [-0.2, -0.15) is 0 Å². The van der Waals surface area contributed by atoms with Crippen LogP contribution in [-0.4, -0.2) is 15.3 Å². The third kappa shape index (κ3) is 3.52. The van der Waals surface area contributed by atoms with Gasteiger partial charge >= 0.3 is 5.97 Å². The van der Waals surface area contributed by atoms with E-state index in [1.54, 1.807) is 24.3 Å². The molecule has 0 spiro atoms. The molecule has 0 bridgehead atoms. The van der Waals surface area contributed by atoms with Crippen molar-refractivity contribution in [2.75, 3.05) is 0 Å². The van der Waals surface area contributed by atoms with E-state index >= 15 is 0 Å². The van der Waals surface area contributed by atoms with Gasteiger partial charge in [-0.1, -0.05) is 24.3 Å². The Morgan fingerprint density at radius 3 is 2.58 bits per heavy atom. The molecular formula is C14H11BrO3S. The first-order valence-corrected chi connectivity index (χ1v) is 7.64. The zero-order valence-corrected chi connectivity index (χ0v) is 12.3. The Morgan fingerprint density at radius 2 is 1.89 bits per heavy atom. The molecule has 1 N–H and O–H groups in total. The van der Waals surface area contributed by atoms with E-state index < -0.39 is 16.8 Å². The van der Waals surface area contributed by atoms with Crippen molar-refractivity contribution in [1.82, 2.24) is 0 Å². The van der Waals surface area contributed by atoms with Crippen LogP contribution in [0.15, 0.2) is 57.9 Å². The molecule has 0 radical (unpaired) electrons. The highest BCUT2D eigenvalue weighted by Crippen LogP contribution is 2.22. The van der Waals surface area contributed by atoms with Gasteiger partial charge in [-0.25, -0.2) is 4.79 Å². The van der Waals surface area contributed by atoms with Crippen molar-refractivity contribution < 1.29 is 14.1 Å². The Kier molecular flexibility index (Phi) is 4.50. The Morgan fingerprint density at radius 1 is 1.16 bits per heavy atom. The lowest BCUT2D eigenvalue weighted by Crippen LogP contribution is -2.01. The molecule has 1 atom stereocenters. The summed E-state index contributed by atoms with van der Waals surface area (Å²) in [7, 11) is -1.21. The van der Waals surface area contributed by atoms with Crippen LogP contribution in [0.1, 0.15) is 15.9 Å². The maximum absolute atomic E-state index is 12.2. The number of aromatic carboxylic acids is 1. The second kappa shape index (κ2) is 6.12. The highest BCUT2D eigenvalue weighted by molar-refractivity contribution is 9.10. The maximum atomic E-state index is 12.2. The molecule has 1 unspecified atom stereocenters. The summed E-state index contributed by atoms with van der Waals surface area (Å²) in [6.07, 6.45) is 0. The molecule has 0 amide bonds. The fourth-order valence-electron chi connectivity index (χ4n) is 1.65. The average molecular weight is 339 g/mol. The second-order valence-corrected chi connectivity index (χ2v) is 6.20. The van der Waals surface area contributed by atoms with Crippen LogP contribution < -0.4 is 0 Å². The quantitative estimate of drug-likeness (QED) is 0.928. The normalized spacial score (nSPS) is 12.1. The predicted octanol–water partition coefficient (Wildman–Crippen LogP) is 3.46. The second-order valence-electron chi connectivity index (χ2n) is 3.93. The zero-order valence-electron chi connectivity index (χ0n) is 9.88. The predicted molar refractivity (Wildman–Crippen MR) is 77.7 cm³/mol. The SMILES string of the molecule is O=C(O)c1cccc(CS(=O)c2ccccc2Br)c1. The molecule has 0 saturated heterocycles. The van der Waals surface area contributed by atoms with Gasteiger partial charge in [0.05, 0.1) is 27.0 Å². The first-order valence-electron chi connectivity index (χ1n) is 5.53. The smallest absolute Gasteiger partial charge is 0.335 e. The van der Waals surface area contributed by atoms with Gasteiger partial charge in [0.2, 0.25) is 0 Å². The molecule has 3 nitrogen and oxygen atoms in total. The first-order chi connectivity index (χ1) is 9.08. The summed E-state index contributed by atoms with van der Waals surface area (Å²) in [5, 5.41) is 8.92. The van der Waals surface area contributed by atoms with Crippen LogP contribution in [0.2, 0.25) is 0 Å². The molecule has 98 valence electrons. The van der Waals surface area contributed by atoms with E-state index in [4.69, 9.17) is 5.11 Å². The number of hydrogen-bond donors (Lipinski definition) is 1. The van der Waals surface area contributed by atoms with Gasteiger partial charge in [-0.3, -0.25) is 4.21 Å². The van der Waals surface area contributed by atoms with Crippen LogP contribution in [0, 0.1) is 0 Å². The average Bonchev–Trinajstić information content (AvgIpc) is 2.39. The minimum Gasteiger partial charge on any atom is -0.478 e. The summed E-state index contributed by atoms with van der Waals surface area (Å²) < 4.78 is 13.0. The Hall–Kier alpha value is -1.46. The number of carboxylic acids is 1. The minimum absolute atomic E-state index is 0.210. The summed E-state index contributed by atoms with van der Waals surface area (Å²) in [6.45, 7) is 0. The third-order valence-electron chi connectivity index (χ3n) is 2.55. The van der Waals surface area contributed by atoms with Gasteiger partial charge in [0, 0.05) is 4.47 Å². The molecule has 0 aromatic heterocycles. The van der Waals surface area contributed by atoms with E-state index in [2.05, 4.69) is 15.9 Å². The van der Waals surface area contributed by atoms with Crippen LogP contribution in [0.5, 0.6) is 0 Å². The summed E-state index contributed by atoms with van der Waals surface area (Å²) >= 11 is 3.36. The van der Waals surface area contributed by atoms with Gasteiger partial charge in [0.15, 0.2) is 0 Å². The number of halogens is 1. The number of benzene rings is 2. The fraction of sp³-hybridized carbons (Fsp3) is 0.0714. The van der Waals surface area contributed by atoms with Crippen LogP contribution in [-0.2, 0) is 16.6 Å². The lowest BCUT2D eigenvalue weighted by atomic mass is 10.1. The van der Waals surface area contributed by atoms with E-state index in [1.165, 1.54) is 6.07 Å². The highest BCUT2D eigenvalue weighted by Gasteiger charge is 2.10. The van der Waals surface area contributed by atoms with Gasteiger partial charge in [-0.05, 0) is 45.8 Å². The third-order valence-corrected chi connectivity index (χ3v) is 4.95. The van der Waals surface area contributed by atoms with Crippen molar-refractivity contribution in [3.8, 4) is 0 Å². The topological polar surface area (TPSA) is 54.4 Å². The fourth-order valence-corrected chi connectivity index (χ4v) is 3.63. The summed E-state index contributed by atoms with van der Waals surface area (Å²) in [6, 6.07) is 13.8. The maximum Gasteiger partial charge on any atom is 0.335 e. The van der Waals surface area contributed by atoms with Crippen LogP contribution in [0.3, 0.4) is 0 Å². The molecule has 0 saturated carbocycles. The van der Waals surface area contributed by atoms with Gasteiger partial charge < -0.3 is 5.11 Å². The van der Waals surface area contributed by atoms with Crippen molar-refractivity contribution in [2.24, 2.45) is 0 Å². The van der Waals surface area contributed by atoms with Crippen molar-refractivity contribution in [3.05, 3.63) is 64.1 Å². The molecule has 19 heavy (non-hydrogen) atoms. The van der Waals surface area contributed by atoms with Crippen LogP contribution >= 0.6 is 15.9 Å². The van der Waals surface area contributed by atoms with Crippen LogP contribution in [0.25, 0.3) is 0 Å². The van der Waals surface area contributed by atoms with E-state index in [-0.39, 0.29) is 5.56 Å². The molecule has 5 heteroatoms. The lowest BCUT2D eigenvalue weighted by Gasteiger charge is -2.05. The van der Waals surface area contributed by atoms with E-state index in [0.717, 1.165) is 10.0 Å². The van der Waals surface area contributed by atoms with Gasteiger partial charge in [-0.15, -0.1) is 0 Å². The molecule has 0 aliphatic carbocycles. The number of carbonyl (C=O) groups is 1. The molecule has 2 rings (SSSR count). The summed E-state index contributed by atoms with van der Waals surface area (Å²) in [5.41, 5.74) is 0.954. The zero-order chi connectivity index (χ0) is 13.8. The van der Waals surface area contributed by atoms with E-state index in [1.807, 2.05) is 18.2 Å². The van der Waals surface area contributed by atoms with Crippen molar-refractivity contribution in [3.63, 3.8) is 0 Å². The number of hydrogen-bond acceptors (Lipinski definition) is 2. The molecule has 0 aliphatic rings. The van der Waals surface area contributed by atoms with Crippen molar-refractivity contribution >= 4 is 32.7 Å². The summed E-state index contributed by atoms with van der Waals surface area (Å²) in [5.74, 6) is -0.683. The van der Waals surface area contributed by atoms with Crippen LogP contribution in [0.4, 0.5) is 0 Å². The largest absolute Gasteiger partial charge is 0.478 e. The molecule has 2 aromatic rings. The monoisotopic (exact) mass is 338 g/mol. The Labute approximate surface area is 121 Å². The van der Waals surface area contributed by atoms with Crippen molar-refractivity contribution in [2.45, 2.75) is 10.6 Å². The van der Waals surface area contributed by atoms with E-state index in [0.29, 0.717) is 10.6 Å². The van der Waals surface area contributed by atoms with Gasteiger partial charge in [0.1, 0.15) is 0 Å². The lowest BCUT2D eigenvalue weighted by molar-refractivity contribution is 0.0697. The molecule has 0 fully saturated rings. The molecule has 0 aliphatic heterocycles. The highest BCUT2D eigenvalue weighted by atomic mass is 79.9. The number of carboxylic acid groups (broad SMARTS) is 1. The molecular weight excluding hydrogens is 328 g/mol. The molecule has 2 aromatic carbocycles. The minimum atomic E-state index is -1.21. The van der Waals surface area contributed by atoms with Gasteiger partial charge in [0.25, 0.3) is 0 Å². The summed E-state index contributed by atoms with van der Waals surface area (Å²) in [4.78, 5) is 11.6. The number of rotatable bonds is 4. The van der Waals surface area contributed by atoms with E-state index in [9.17, 15) is 9.00 Å². The standard InChI is InChI=1S/C14H11BrO3S/c15-12-6-1-2-7-13(12)19(18)9-10-4-3-5-11(8-10)14(16)17/h1-8H,9H2,(H,16,17). The van der Waals surface area contributed by atoms with Crippen molar-refractivity contribution in [1.29, 1.82) is 0 Å². The molecule has 0 heterocycles. The Bertz CT molecular complexity index is 640. The Balaban J connectivity index is 2.22.